The summed E-state index contributed by atoms with van der Waals surface area (Å²) < 4.78 is 1.69. The molecule has 1 aromatic rings. The van der Waals surface area contributed by atoms with E-state index >= 15 is 0 Å². The molecule has 108 valence electrons. The first kappa shape index (κ1) is 15.8. The number of amides is 1. The van der Waals surface area contributed by atoms with Crippen LogP contribution in [0.5, 0.6) is 0 Å². The molecule has 0 aliphatic heterocycles. The Morgan fingerprint density at radius 1 is 1.30 bits per heavy atom. The lowest BCUT2D eigenvalue weighted by Crippen LogP contribution is -2.45. The highest BCUT2D eigenvalue weighted by atomic mass is 127. The van der Waals surface area contributed by atoms with E-state index in [1.54, 1.807) is 6.07 Å². The second kappa shape index (κ2) is 6.89. The van der Waals surface area contributed by atoms with Crippen LogP contribution in [0.1, 0.15) is 36.0 Å². The maximum absolute atomic E-state index is 12.3. The van der Waals surface area contributed by atoms with Crippen LogP contribution in [0.15, 0.2) is 22.7 Å². The van der Waals surface area contributed by atoms with Gasteiger partial charge >= 0.3 is 5.97 Å². The highest BCUT2D eigenvalue weighted by Gasteiger charge is 2.32. The molecule has 2 N–H and O–H groups in total. The Kier molecular flexibility index (Phi) is 5.42. The third-order valence-electron chi connectivity index (χ3n) is 3.57. The number of nitrogens with one attached hydrogen (secondary N) is 1. The first-order valence-corrected chi connectivity index (χ1v) is 8.35. The Labute approximate surface area is 139 Å². The monoisotopic (exact) mass is 451 g/mol. The van der Waals surface area contributed by atoms with Crippen molar-refractivity contribution in [3.63, 3.8) is 0 Å². The highest BCUT2D eigenvalue weighted by Crippen LogP contribution is 2.26. The summed E-state index contributed by atoms with van der Waals surface area (Å²) in [4.78, 5) is 23.6. The van der Waals surface area contributed by atoms with Crippen LogP contribution in [0, 0.1) is 9.49 Å². The van der Waals surface area contributed by atoms with Crippen molar-refractivity contribution >= 4 is 50.4 Å². The average Bonchev–Trinajstić information content (AvgIpc) is 2.41. The zero-order chi connectivity index (χ0) is 14.7. The van der Waals surface area contributed by atoms with Crippen molar-refractivity contribution < 1.29 is 14.7 Å². The number of rotatable bonds is 3. The normalized spacial score (nSPS) is 22.3. The van der Waals surface area contributed by atoms with Crippen LogP contribution < -0.4 is 5.32 Å². The van der Waals surface area contributed by atoms with E-state index in [4.69, 9.17) is 0 Å². The number of carboxylic acid groups (broad SMARTS) is 1. The van der Waals surface area contributed by atoms with Crippen LogP contribution in [0.2, 0.25) is 0 Å². The maximum atomic E-state index is 12.3. The maximum Gasteiger partial charge on any atom is 0.308 e. The fourth-order valence-electron chi connectivity index (χ4n) is 2.52. The van der Waals surface area contributed by atoms with Crippen molar-refractivity contribution in [1.82, 2.24) is 5.32 Å². The third kappa shape index (κ3) is 3.72. The minimum absolute atomic E-state index is 0.200. The molecule has 2 atom stereocenters. The third-order valence-corrected chi connectivity index (χ3v) is 5.01. The van der Waals surface area contributed by atoms with Crippen LogP contribution in [0.3, 0.4) is 0 Å². The predicted octanol–water partition coefficient (Wildman–Crippen LogP) is 3.43. The molecule has 0 radical (unpaired) electrons. The average molecular weight is 452 g/mol. The molecule has 0 aromatic heterocycles. The van der Waals surface area contributed by atoms with Gasteiger partial charge in [0, 0.05) is 14.1 Å². The van der Waals surface area contributed by atoms with Crippen molar-refractivity contribution in [1.29, 1.82) is 0 Å². The lowest BCUT2D eigenvalue weighted by molar-refractivity contribution is -0.143. The molecule has 0 saturated heterocycles. The van der Waals surface area contributed by atoms with Crippen LogP contribution in [0.4, 0.5) is 0 Å². The van der Waals surface area contributed by atoms with Crippen LogP contribution in [-0.4, -0.2) is 23.0 Å². The van der Waals surface area contributed by atoms with Gasteiger partial charge in [0.25, 0.3) is 5.91 Å². The van der Waals surface area contributed by atoms with Gasteiger partial charge in [0.2, 0.25) is 0 Å². The Morgan fingerprint density at radius 3 is 2.70 bits per heavy atom. The standard InChI is InChI=1S/C14H15BrINO3/c15-8-5-6-11(16)10(7-8)13(18)17-12-4-2-1-3-9(12)14(19)20/h5-7,9,12H,1-4H2,(H,17,18)(H,19,20). The van der Waals surface area contributed by atoms with E-state index in [-0.39, 0.29) is 11.9 Å². The van der Waals surface area contributed by atoms with Crippen LogP contribution in [-0.2, 0) is 4.79 Å². The molecule has 6 heteroatoms. The zero-order valence-corrected chi connectivity index (χ0v) is 14.5. The number of halogens is 2. The molecule has 1 fully saturated rings. The molecule has 1 aromatic carbocycles. The van der Waals surface area contributed by atoms with Crippen molar-refractivity contribution in [2.45, 2.75) is 31.7 Å². The minimum atomic E-state index is -0.820. The van der Waals surface area contributed by atoms with E-state index in [0.717, 1.165) is 27.3 Å². The summed E-state index contributed by atoms with van der Waals surface area (Å²) in [6.45, 7) is 0. The van der Waals surface area contributed by atoms with Gasteiger partial charge in [0.05, 0.1) is 11.5 Å². The van der Waals surface area contributed by atoms with Crippen molar-refractivity contribution in [3.05, 3.63) is 31.8 Å². The summed E-state index contributed by atoms with van der Waals surface area (Å²) in [6.07, 6.45) is 3.24. The SMILES string of the molecule is O=C(NC1CCCCC1C(=O)O)c1cc(Br)ccc1I. The lowest BCUT2D eigenvalue weighted by Gasteiger charge is -2.29. The zero-order valence-electron chi connectivity index (χ0n) is 10.7. The molecule has 0 heterocycles. The molecule has 20 heavy (non-hydrogen) atoms. The Balaban J connectivity index is 2.13. The topological polar surface area (TPSA) is 66.4 Å². The second-order valence-electron chi connectivity index (χ2n) is 4.93. The lowest BCUT2D eigenvalue weighted by atomic mass is 9.84. The first-order valence-electron chi connectivity index (χ1n) is 6.48. The molecule has 1 aliphatic carbocycles. The first-order chi connectivity index (χ1) is 9.49. The molecule has 2 rings (SSSR count). The van der Waals surface area contributed by atoms with Crippen LogP contribution >= 0.6 is 38.5 Å². The Morgan fingerprint density at radius 2 is 2.00 bits per heavy atom. The number of aliphatic carboxylic acids is 1. The number of hydrogen-bond acceptors (Lipinski definition) is 2. The van der Waals surface area contributed by atoms with Gasteiger partial charge in [-0.2, -0.15) is 0 Å². The van der Waals surface area contributed by atoms with E-state index in [9.17, 15) is 14.7 Å². The molecule has 1 amide bonds. The van der Waals surface area contributed by atoms with Gasteiger partial charge < -0.3 is 10.4 Å². The molecular weight excluding hydrogens is 437 g/mol. The molecule has 1 saturated carbocycles. The van der Waals surface area contributed by atoms with Gasteiger partial charge in [-0.25, -0.2) is 0 Å². The molecule has 4 nitrogen and oxygen atoms in total. The molecule has 0 spiro atoms. The Hall–Kier alpha value is -0.630. The summed E-state index contributed by atoms with van der Waals surface area (Å²) in [7, 11) is 0. The molecule has 2 unspecified atom stereocenters. The van der Waals surface area contributed by atoms with E-state index in [0.29, 0.717) is 12.0 Å². The number of benzene rings is 1. The second-order valence-corrected chi connectivity index (χ2v) is 7.01. The minimum Gasteiger partial charge on any atom is -0.481 e. The van der Waals surface area contributed by atoms with Gasteiger partial charge in [0.15, 0.2) is 0 Å². The van der Waals surface area contributed by atoms with E-state index < -0.39 is 11.9 Å². The van der Waals surface area contributed by atoms with Crippen molar-refractivity contribution in [2.75, 3.05) is 0 Å². The van der Waals surface area contributed by atoms with Gasteiger partial charge in [-0.3, -0.25) is 9.59 Å². The van der Waals surface area contributed by atoms with Crippen molar-refractivity contribution in [3.8, 4) is 0 Å². The molecule has 1 aliphatic rings. The highest BCUT2D eigenvalue weighted by molar-refractivity contribution is 14.1. The Bertz CT molecular complexity index is 535. The summed E-state index contributed by atoms with van der Waals surface area (Å²) in [5, 5.41) is 12.1. The van der Waals surface area contributed by atoms with Gasteiger partial charge in [-0.05, 0) is 53.6 Å². The quantitative estimate of drug-likeness (QED) is 0.692. The molecular formula is C14H15BrINO3. The number of carbonyl (C=O) groups excluding carboxylic acids is 1. The van der Waals surface area contributed by atoms with Crippen molar-refractivity contribution in [2.24, 2.45) is 5.92 Å². The summed E-state index contributed by atoms with van der Waals surface area (Å²) in [5.74, 6) is -1.50. The predicted molar refractivity (Wildman–Crippen MR) is 87.7 cm³/mol. The summed E-state index contributed by atoms with van der Waals surface area (Å²) >= 11 is 5.45. The van der Waals surface area contributed by atoms with E-state index in [2.05, 4.69) is 43.8 Å². The van der Waals surface area contributed by atoms with Gasteiger partial charge in [-0.15, -0.1) is 0 Å². The number of carboxylic acids is 1. The fraction of sp³-hybridized carbons (Fsp3) is 0.429. The largest absolute Gasteiger partial charge is 0.481 e. The molecule has 0 bridgehead atoms. The summed E-state index contributed by atoms with van der Waals surface area (Å²) in [5.41, 5.74) is 0.578. The van der Waals surface area contributed by atoms with E-state index in [1.807, 2.05) is 12.1 Å². The smallest absolute Gasteiger partial charge is 0.308 e. The number of carbonyl (C=O) groups is 2. The van der Waals surface area contributed by atoms with Gasteiger partial charge in [-0.1, -0.05) is 28.8 Å². The fourth-order valence-corrected chi connectivity index (χ4v) is 3.46. The number of hydrogen-bond donors (Lipinski definition) is 2. The summed E-state index contributed by atoms with van der Waals surface area (Å²) in [6, 6.07) is 5.22. The van der Waals surface area contributed by atoms with Crippen LogP contribution in [0.25, 0.3) is 0 Å². The van der Waals surface area contributed by atoms with Gasteiger partial charge in [0.1, 0.15) is 0 Å². The van der Waals surface area contributed by atoms with E-state index in [1.165, 1.54) is 0 Å².